The largest absolute Gasteiger partial charge is 0.466 e. The maximum Gasteiger partial charge on any atom is 0.332 e. The first-order valence-electron chi connectivity index (χ1n) is 8.78. The van der Waals surface area contributed by atoms with Gasteiger partial charge in [-0.1, -0.05) is 60.7 Å². The number of allylic oxidation sites excluding steroid dienone is 1. The highest BCUT2D eigenvalue weighted by Crippen LogP contribution is 2.74. The van der Waals surface area contributed by atoms with Crippen molar-refractivity contribution >= 4 is 13.3 Å². The van der Waals surface area contributed by atoms with Gasteiger partial charge in [-0.05, 0) is 30.9 Å². The number of hydrogen-bond acceptors (Lipinski definition) is 3. The van der Waals surface area contributed by atoms with Crippen LogP contribution in [-0.4, -0.2) is 13.1 Å². The van der Waals surface area contributed by atoms with E-state index in [9.17, 15) is 9.36 Å². The van der Waals surface area contributed by atoms with Crippen LogP contribution in [0, 0.1) is 0 Å². The van der Waals surface area contributed by atoms with E-state index in [0.29, 0.717) is 5.70 Å². The minimum Gasteiger partial charge on any atom is -0.466 e. The van der Waals surface area contributed by atoms with Gasteiger partial charge < -0.3 is 9.82 Å². The van der Waals surface area contributed by atoms with E-state index in [2.05, 4.69) is 5.09 Å². The van der Waals surface area contributed by atoms with Gasteiger partial charge in [-0.2, -0.15) is 0 Å². The Balaban J connectivity index is 2.00. The van der Waals surface area contributed by atoms with Crippen molar-refractivity contribution in [2.75, 3.05) is 7.11 Å². The Labute approximate surface area is 154 Å². The molecule has 1 N–H and O–H groups in total. The first-order chi connectivity index (χ1) is 12.5. The van der Waals surface area contributed by atoms with Crippen LogP contribution in [0.4, 0.5) is 0 Å². The van der Waals surface area contributed by atoms with Gasteiger partial charge in [0.1, 0.15) is 0 Å². The molecule has 0 spiro atoms. The van der Waals surface area contributed by atoms with Crippen molar-refractivity contribution in [1.29, 1.82) is 0 Å². The Kier molecular flexibility index (Phi) is 5.63. The van der Waals surface area contributed by atoms with Gasteiger partial charge in [0, 0.05) is 11.8 Å². The molecule has 2 atom stereocenters. The number of carbonyl (C=O) groups excluding carboxylic acids is 1. The molecule has 0 amide bonds. The fourth-order valence-corrected chi connectivity index (χ4v) is 7.40. The van der Waals surface area contributed by atoms with Crippen molar-refractivity contribution in [3.05, 3.63) is 83.6 Å². The van der Waals surface area contributed by atoms with Gasteiger partial charge in [0.2, 0.25) is 0 Å². The van der Waals surface area contributed by atoms with Crippen LogP contribution in [-0.2, 0) is 14.1 Å². The maximum atomic E-state index is 14.3. The molecule has 1 aliphatic heterocycles. The summed E-state index contributed by atoms with van der Waals surface area (Å²) in [6, 6.07) is 20.0. The normalized spacial score (nSPS) is 22.0. The molecule has 3 rings (SSSR count). The Hall–Kier alpha value is -2.32. The fourth-order valence-electron chi connectivity index (χ4n) is 3.74. The molecule has 1 fully saturated rings. The second kappa shape index (κ2) is 7.92. The van der Waals surface area contributed by atoms with Crippen molar-refractivity contribution in [2.45, 2.75) is 31.1 Å². The molecule has 0 aliphatic carbocycles. The van der Waals surface area contributed by atoms with Crippen molar-refractivity contribution in [2.24, 2.45) is 0 Å². The summed E-state index contributed by atoms with van der Waals surface area (Å²) in [7, 11) is -1.55. The monoisotopic (exact) mass is 369 g/mol. The summed E-state index contributed by atoms with van der Waals surface area (Å²) in [6.07, 6.45) is 3.06. The minimum atomic E-state index is -2.88. The highest BCUT2D eigenvalue weighted by Gasteiger charge is 2.47. The van der Waals surface area contributed by atoms with E-state index in [1.807, 2.05) is 60.7 Å². The van der Waals surface area contributed by atoms with Crippen LogP contribution in [0.15, 0.2) is 72.4 Å². The average molecular weight is 369 g/mol. The van der Waals surface area contributed by atoms with Gasteiger partial charge in [0.15, 0.2) is 7.29 Å². The molecule has 1 heterocycles. The van der Waals surface area contributed by atoms with Gasteiger partial charge in [-0.3, -0.25) is 4.57 Å². The molecule has 1 aliphatic rings. The lowest BCUT2D eigenvalue weighted by Crippen LogP contribution is -2.15. The number of nitrogens with one attached hydrogen (secondary N) is 1. The van der Waals surface area contributed by atoms with Crippen LogP contribution < -0.4 is 5.09 Å². The Morgan fingerprint density at radius 2 is 1.46 bits per heavy atom. The topological polar surface area (TPSA) is 55.4 Å². The van der Waals surface area contributed by atoms with E-state index in [1.165, 1.54) is 13.2 Å². The van der Waals surface area contributed by atoms with E-state index in [1.54, 1.807) is 6.92 Å². The van der Waals surface area contributed by atoms with Crippen molar-refractivity contribution in [3.8, 4) is 0 Å². The SMILES string of the molecule is COC(=O)/C=C(/C)NP1(=O)[C@H](c2ccccc2)CC[C@H]1c1ccccc1. The standard InChI is InChI=1S/C21H24NO3P/c1-16(15-21(23)25-2)22-26(24)19(17-9-5-3-6-10-17)13-14-20(26)18-11-7-4-8-12-18/h3-12,15,19-20H,13-14H2,1-2H3,(H,22,24)/b16-15-/t19-,20-/m0/s1. The Morgan fingerprint density at radius 3 is 1.88 bits per heavy atom. The quantitative estimate of drug-likeness (QED) is 0.447. The number of rotatable bonds is 5. The van der Waals surface area contributed by atoms with Crippen LogP contribution in [0.2, 0.25) is 0 Å². The third-order valence-electron chi connectivity index (χ3n) is 4.89. The number of esters is 1. The van der Waals surface area contributed by atoms with Crippen molar-refractivity contribution < 1.29 is 14.1 Å². The number of benzene rings is 2. The van der Waals surface area contributed by atoms with Crippen LogP contribution in [0.3, 0.4) is 0 Å². The summed E-state index contributed by atoms with van der Waals surface area (Å²) < 4.78 is 18.9. The molecule has 26 heavy (non-hydrogen) atoms. The second-order valence-corrected chi connectivity index (χ2v) is 9.49. The Bertz CT molecular complexity index is 781. The van der Waals surface area contributed by atoms with Gasteiger partial charge in [0.25, 0.3) is 0 Å². The molecular formula is C21H24NO3P. The van der Waals surface area contributed by atoms with Gasteiger partial charge in [0.05, 0.1) is 18.4 Å². The first-order valence-corrected chi connectivity index (χ1v) is 10.6. The van der Waals surface area contributed by atoms with Crippen molar-refractivity contribution in [3.63, 3.8) is 0 Å². The second-order valence-electron chi connectivity index (χ2n) is 6.60. The average Bonchev–Trinajstić information content (AvgIpc) is 2.99. The van der Waals surface area contributed by atoms with Gasteiger partial charge in [-0.25, -0.2) is 4.79 Å². The zero-order valence-corrected chi connectivity index (χ0v) is 16.0. The number of hydrogen-bond donors (Lipinski definition) is 1. The zero-order chi connectivity index (χ0) is 18.6. The van der Waals surface area contributed by atoms with E-state index in [4.69, 9.17) is 4.74 Å². The number of methoxy groups -OCH3 is 1. The third-order valence-corrected chi connectivity index (χ3v) is 8.56. The van der Waals surface area contributed by atoms with Crippen LogP contribution >= 0.6 is 7.29 Å². The molecule has 0 aromatic heterocycles. The Morgan fingerprint density at radius 1 is 1.00 bits per heavy atom. The molecule has 0 radical (unpaired) electrons. The molecule has 5 heteroatoms. The highest BCUT2D eigenvalue weighted by molar-refractivity contribution is 7.63. The fraction of sp³-hybridized carbons (Fsp3) is 0.286. The molecule has 0 bridgehead atoms. The summed E-state index contributed by atoms with van der Waals surface area (Å²) >= 11 is 0. The lowest BCUT2D eigenvalue weighted by atomic mass is 10.0. The van der Waals surface area contributed by atoms with E-state index >= 15 is 0 Å². The summed E-state index contributed by atoms with van der Waals surface area (Å²) in [4.78, 5) is 11.6. The smallest absolute Gasteiger partial charge is 0.332 e. The van der Waals surface area contributed by atoms with Crippen molar-refractivity contribution in [1.82, 2.24) is 5.09 Å². The molecule has 2 aromatic carbocycles. The van der Waals surface area contributed by atoms with E-state index < -0.39 is 13.3 Å². The third kappa shape index (κ3) is 3.76. The minimum absolute atomic E-state index is 0.0742. The van der Waals surface area contributed by atoms with E-state index in [0.717, 1.165) is 24.0 Å². The molecule has 0 unspecified atom stereocenters. The van der Waals surface area contributed by atoms with Gasteiger partial charge in [-0.15, -0.1) is 0 Å². The van der Waals surface area contributed by atoms with Crippen LogP contribution in [0.25, 0.3) is 0 Å². The summed E-state index contributed by atoms with van der Waals surface area (Å²) in [6.45, 7) is 1.76. The molecule has 136 valence electrons. The molecule has 2 aromatic rings. The summed E-state index contributed by atoms with van der Waals surface area (Å²) in [5.41, 5.74) is 2.58. The lowest BCUT2D eigenvalue weighted by Gasteiger charge is -2.28. The lowest BCUT2D eigenvalue weighted by molar-refractivity contribution is -0.134. The molecule has 1 saturated heterocycles. The van der Waals surface area contributed by atoms with E-state index in [-0.39, 0.29) is 11.3 Å². The highest BCUT2D eigenvalue weighted by atomic mass is 31.2. The molecule has 4 nitrogen and oxygen atoms in total. The number of carbonyl (C=O) groups is 1. The molecule has 0 saturated carbocycles. The predicted octanol–water partition coefficient (Wildman–Crippen LogP) is 5.21. The maximum absolute atomic E-state index is 14.3. The number of ether oxygens (including phenoxy) is 1. The molecular weight excluding hydrogens is 345 g/mol. The predicted molar refractivity (Wildman–Crippen MR) is 104 cm³/mol. The van der Waals surface area contributed by atoms with Crippen LogP contribution in [0.5, 0.6) is 0 Å². The summed E-state index contributed by atoms with van der Waals surface area (Å²) in [5, 5.41) is 3.23. The van der Waals surface area contributed by atoms with Gasteiger partial charge >= 0.3 is 5.97 Å². The summed E-state index contributed by atoms with van der Waals surface area (Å²) in [5.74, 6) is -0.451. The first kappa shape index (κ1) is 18.5. The van der Waals surface area contributed by atoms with Crippen LogP contribution in [0.1, 0.15) is 42.2 Å². The zero-order valence-electron chi connectivity index (χ0n) is 15.1.